The Morgan fingerprint density at radius 2 is 1.62 bits per heavy atom. The molecule has 4 heteroatoms. The molecule has 0 radical (unpaired) electrons. The van der Waals surface area contributed by atoms with E-state index in [9.17, 15) is 0 Å². The molecule has 3 atom stereocenters. The van der Waals surface area contributed by atoms with Gasteiger partial charge in [-0.2, -0.15) is 0 Å². The van der Waals surface area contributed by atoms with Gasteiger partial charge in [0, 0.05) is 24.7 Å². The fourth-order valence-corrected chi connectivity index (χ4v) is 1.53. The summed E-state index contributed by atoms with van der Waals surface area (Å²) in [5.74, 6) is 0.665. The second-order valence-electron chi connectivity index (χ2n) is 5.24. The quantitative estimate of drug-likeness (QED) is 0.429. The van der Waals surface area contributed by atoms with Gasteiger partial charge in [-0.25, -0.2) is 0 Å². The van der Waals surface area contributed by atoms with Gasteiger partial charge in [-0.15, -0.1) is 0 Å². The van der Waals surface area contributed by atoms with Gasteiger partial charge in [0.2, 0.25) is 0 Å². The lowest BCUT2D eigenvalue weighted by molar-refractivity contribution is 0.388. The largest absolute Gasteiger partial charge is 0.327 e. The smallest absolute Gasteiger partial charge is 0.0228 e. The van der Waals surface area contributed by atoms with E-state index < -0.39 is 0 Å². The van der Waals surface area contributed by atoms with E-state index in [0.717, 1.165) is 26.1 Å². The molecule has 0 aromatic heterocycles. The molecule has 0 heterocycles. The van der Waals surface area contributed by atoms with Gasteiger partial charge >= 0.3 is 0 Å². The average Bonchev–Trinajstić information content (AvgIpc) is 2.15. The highest BCUT2D eigenvalue weighted by molar-refractivity contribution is 4.77. The van der Waals surface area contributed by atoms with Crippen LogP contribution in [0.15, 0.2) is 0 Å². The van der Waals surface area contributed by atoms with Gasteiger partial charge in [0.25, 0.3) is 0 Å². The van der Waals surface area contributed by atoms with Gasteiger partial charge in [0.15, 0.2) is 0 Å². The number of nitrogens with two attached hydrogens (primary N) is 2. The van der Waals surface area contributed by atoms with Crippen LogP contribution in [0.5, 0.6) is 0 Å². The molecule has 6 N–H and O–H groups in total. The molecule has 0 spiro atoms. The zero-order chi connectivity index (χ0) is 12.6. The SMILES string of the molecule is CC(C)CNC(CCNCC(C)N)C(C)N. The molecular formula is C12H30N4. The highest BCUT2D eigenvalue weighted by Gasteiger charge is 2.12. The Morgan fingerprint density at radius 3 is 2.06 bits per heavy atom. The third-order valence-corrected chi connectivity index (χ3v) is 2.52. The minimum absolute atomic E-state index is 0.191. The zero-order valence-corrected chi connectivity index (χ0v) is 11.3. The van der Waals surface area contributed by atoms with Crippen LogP contribution >= 0.6 is 0 Å². The Balaban J connectivity index is 3.68. The molecule has 0 fully saturated rings. The van der Waals surface area contributed by atoms with Crippen molar-refractivity contribution in [2.24, 2.45) is 17.4 Å². The Morgan fingerprint density at radius 1 is 1.00 bits per heavy atom. The van der Waals surface area contributed by atoms with Crippen LogP contribution in [-0.4, -0.2) is 37.8 Å². The summed E-state index contributed by atoms with van der Waals surface area (Å²) < 4.78 is 0. The topological polar surface area (TPSA) is 76.1 Å². The minimum atomic E-state index is 0.191. The second kappa shape index (κ2) is 8.93. The minimum Gasteiger partial charge on any atom is -0.327 e. The van der Waals surface area contributed by atoms with E-state index in [2.05, 4.69) is 31.4 Å². The third-order valence-electron chi connectivity index (χ3n) is 2.52. The first-order chi connectivity index (χ1) is 7.43. The molecule has 4 nitrogen and oxygen atoms in total. The fraction of sp³-hybridized carbons (Fsp3) is 1.00. The highest BCUT2D eigenvalue weighted by atomic mass is 15.0. The van der Waals surface area contributed by atoms with Crippen LogP contribution in [0.3, 0.4) is 0 Å². The number of hydrogen-bond donors (Lipinski definition) is 4. The van der Waals surface area contributed by atoms with Crippen LogP contribution < -0.4 is 22.1 Å². The second-order valence-corrected chi connectivity index (χ2v) is 5.24. The first-order valence-electron chi connectivity index (χ1n) is 6.38. The summed E-state index contributed by atoms with van der Waals surface area (Å²) in [6, 6.07) is 0.802. The van der Waals surface area contributed by atoms with Crippen molar-refractivity contribution in [1.82, 2.24) is 10.6 Å². The van der Waals surface area contributed by atoms with Crippen molar-refractivity contribution in [2.45, 2.75) is 52.2 Å². The third kappa shape index (κ3) is 9.09. The van der Waals surface area contributed by atoms with Crippen LogP contribution in [0.2, 0.25) is 0 Å². The lowest BCUT2D eigenvalue weighted by Gasteiger charge is -2.23. The summed E-state index contributed by atoms with van der Waals surface area (Å²) in [5, 5.41) is 6.85. The van der Waals surface area contributed by atoms with Gasteiger partial charge in [0.1, 0.15) is 0 Å². The maximum Gasteiger partial charge on any atom is 0.0228 e. The van der Waals surface area contributed by atoms with E-state index in [1.807, 2.05) is 6.92 Å². The summed E-state index contributed by atoms with van der Waals surface area (Å²) in [6.45, 7) is 11.4. The summed E-state index contributed by atoms with van der Waals surface area (Å²) in [4.78, 5) is 0. The Bertz CT molecular complexity index is 157. The molecular weight excluding hydrogens is 200 g/mol. The van der Waals surface area contributed by atoms with Crippen LogP contribution in [0.1, 0.15) is 34.1 Å². The van der Waals surface area contributed by atoms with Gasteiger partial charge < -0.3 is 22.1 Å². The lowest BCUT2D eigenvalue weighted by Crippen LogP contribution is -2.46. The van der Waals surface area contributed by atoms with Crippen LogP contribution in [-0.2, 0) is 0 Å². The Hall–Kier alpha value is -0.160. The summed E-state index contributed by atoms with van der Waals surface area (Å²) in [5.41, 5.74) is 11.6. The highest BCUT2D eigenvalue weighted by Crippen LogP contribution is 1.98. The standard InChI is InChI=1S/C12H30N4/c1-9(2)7-16-12(11(4)14)5-6-15-8-10(3)13/h9-12,15-16H,5-8,13-14H2,1-4H3. The van der Waals surface area contributed by atoms with E-state index in [0.29, 0.717) is 12.0 Å². The predicted molar refractivity (Wildman–Crippen MR) is 71.4 cm³/mol. The molecule has 0 aromatic carbocycles. The van der Waals surface area contributed by atoms with Crippen molar-refractivity contribution in [2.75, 3.05) is 19.6 Å². The maximum absolute atomic E-state index is 5.95. The van der Waals surface area contributed by atoms with Crippen LogP contribution in [0.25, 0.3) is 0 Å². The number of hydrogen-bond acceptors (Lipinski definition) is 4. The molecule has 0 saturated heterocycles. The first-order valence-corrected chi connectivity index (χ1v) is 6.38. The monoisotopic (exact) mass is 230 g/mol. The molecule has 0 aliphatic rings. The Labute approximate surface area is 101 Å². The average molecular weight is 230 g/mol. The molecule has 0 saturated carbocycles. The van der Waals surface area contributed by atoms with Gasteiger partial charge in [-0.3, -0.25) is 0 Å². The molecule has 0 aliphatic heterocycles. The zero-order valence-electron chi connectivity index (χ0n) is 11.3. The van der Waals surface area contributed by atoms with Crippen LogP contribution in [0, 0.1) is 5.92 Å². The van der Waals surface area contributed by atoms with Crippen molar-refractivity contribution in [3.63, 3.8) is 0 Å². The van der Waals surface area contributed by atoms with Gasteiger partial charge in [0.05, 0.1) is 0 Å². The summed E-state index contributed by atoms with van der Waals surface area (Å²) in [6.07, 6.45) is 1.05. The number of nitrogens with one attached hydrogen (secondary N) is 2. The van der Waals surface area contributed by atoms with Crippen molar-refractivity contribution in [3.8, 4) is 0 Å². The molecule has 0 amide bonds. The van der Waals surface area contributed by atoms with E-state index >= 15 is 0 Å². The summed E-state index contributed by atoms with van der Waals surface area (Å²) in [7, 11) is 0. The van der Waals surface area contributed by atoms with Crippen molar-refractivity contribution >= 4 is 0 Å². The first kappa shape index (κ1) is 15.8. The lowest BCUT2D eigenvalue weighted by atomic mass is 10.1. The van der Waals surface area contributed by atoms with Crippen molar-refractivity contribution < 1.29 is 0 Å². The van der Waals surface area contributed by atoms with Gasteiger partial charge in [-0.1, -0.05) is 13.8 Å². The predicted octanol–water partition coefficient (Wildman–Crippen LogP) is 0.275. The molecule has 0 rings (SSSR count). The van der Waals surface area contributed by atoms with Crippen molar-refractivity contribution in [3.05, 3.63) is 0 Å². The molecule has 98 valence electrons. The normalized spacial score (nSPS) is 17.4. The fourth-order valence-electron chi connectivity index (χ4n) is 1.53. The van der Waals surface area contributed by atoms with E-state index in [1.54, 1.807) is 0 Å². The molecule has 3 unspecified atom stereocenters. The van der Waals surface area contributed by atoms with Crippen LogP contribution in [0.4, 0.5) is 0 Å². The van der Waals surface area contributed by atoms with Gasteiger partial charge in [-0.05, 0) is 39.3 Å². The van der Waals surface area contributed by atoms with E-state index in [4.69, 9.17) is 11.5 Å². The van der Waals surface area contributed by atoms with E-state index in [-0.39, 0.29) is 12.1 Å². The summed E-state index contributed by atoms with van der Waals surface area (Å²) >= 11 is 0. The molecule has 0 bridgehead atoms. The Kier molecular flexibility index (Phi) is 8.84. The van der Waals surface area contributed by atoms with Crippen molar-refractivity contribution in [1.29, 1.82) is 0 Å². The maximum atomic E-state index is 5.95. The molecule has 0 aliphatic carbocycles. The number of rotatable bonds is 9. The molecule has 0 aromatic rings. The molecule has 16 heavy (non-hydrogen) atoms. The van der Waals surface area contributed by atoms with E-state index in [1.165, 1.54) is 0 Å².